The van der Waals surface area contributed by atoms with Crippen LogP contribution in [0.3, 0.4) is 0 Å². The van der Waals surface area contributed by atoms with Crippen LogP contribution in [0, 0.1) is 13.8 Å². The van der Waals surface area contributed by atoms with E-state index in [1.54, 1.807) is 7.11 Å². The van der Waals surface area contributed by atoms with E-state index in [0.717, 1.165) is 28.3 Å². The fourth-order valence-corrected chi connectivity index (χ4v) is 2.51. The number of methoxy groups -OCH3 is 1. The number of para-hydroxylation sites is 1. The average molecular weight is 305 g/mol. The van der Waals surface area contributed by atoms with Crippen molar-refractivity contribution in [2.24, 2.45) is 0 Å². The molecular formula is C19H19N3O. The molecule has 0 unspecified atom stereocenters. The van der Waals surface area contributed by atoms with Crippen molar-refractivity contribution in [3.8, 4) is 28.3 Å². The van der Waals surface area contributed by atoms with E-state index in [9.17, 15) is 0 Å². The van der Waals surface area contributed by atoms with E-state index >= 15 is 0 Å². The molecule has 0 aliphatic heterocycles. The Bertz CT molecular complexity index is 859. The third-order valence-corrected chi connectivity index (χ3v) is 3.93. The monoisotopic (exact) mass is 305 g/mol. The first-order valence-corrected chi connectivity index (χ1v) is 7.44. The minimum absolute atomic E-state index is 0.252. The van der Waals surface area contributed by atoms with Gasteiger partial charge in [0.05, 0.1) is 18.5 Å². The number of hydrogen-bond acceptors (Lipinski definition) is 4. The summed E-state index contributed by atoms with van der Waals surface area (Å²) in [7, 11) is 1.65. The molecule has 0 saturated carbocycles. The molecule has 0 fully saturated rings. The average Bonchev–Trinajstić information content (AvgIpc) is 2.56. The molecular weight excluding hydrogens is 286 g/mol. The zero-order valence-electron chi connectivity index (χ0n) is 13.5. The number of ether oxygens (including phenoxy) is 1. The molecule has 0 spiro atoms. The van der Waals surface area contributed by atoms with Crippen LogP contribution in [0.4, 0.5) is 5.95 Å². The summed E-state index contributed by atoms with van der Waals surface area (Å²) < 4.78 is 5.42. The molecule has 23 heavy (non-hydrogen) atoms. The van der Waals surface area contributed by atoms with E-state index in [1.165, 1.54) is 11.1 Å². The number of anilines is 1. The summed E-state index contributed by atoms with van der Waals surface area (Å²) in [4.78, 5) is 8.75. The van der Waals surface area contributed by atoms with Gasteiger partial charge in [0.25, 0.3) is 0 Å². The summed E-state index contributed by atoms with van der Waals surface area (Å²) in [6.45, 7) is 4.18. The highest BCUT2D eigenvalue weighted by molar-refractivity contribution is 5.73. The van der Waals surface area contributed by atoms with Gasteiger partial charge in [-0.05, 0) is 49.2 Å². The molecule has 4 nitrogen and oxygen atoms in total. The Morgan fingerprint density at radius 2 is 1.61 bits per heavy atom. The van der Waals surface area contributed by atoms with Crippen molar-refractivity contribution < 1.29 is 4.74 Å². The molecule has 0 bridgehead atoms. The zero-order valence-corrected chi connectivity index (χ0v) is 13.5. The smallest absolute Gasteiger partial charge is 0.221 e. The number of nitrogens with zero attached hydrogens (tertiary/aromatic N) is 2. The molecule has 0 radical (unpaired) electrons. The van der Waals surface area contributed by atoms with E-state index in [2.05, 4.69) is 42.0 Å². The number of benzene rings is 2. The Kier molecular flexibility index (Phi) is 3.98. The molecule has 0 aliphatic carbocycles. The van der Waals surface area contributed by atoms with Gasteiger partial charge in [-0.15, -0.1) is 0 Å². The van der Waals surface area contributed by atoms with Gasteiger partial charge in [0.1, 0.15) is 5.75 Å². The molecule has 0 saturated heterocycles. The Hall–Kier alpha value is -2.88. The molecule has 1 heterocycles. The second kappa shape index (κ2) is 6.08. The maximum absolute atomic E-state index is 5.93. The van der Waals surface area contributed by atoms with Gasteiger partial charge in [-0.25, -0.2) is 9.97 Å². The van der Waals surface area contributed by atoms with Gasteiger partial charge in [0.15, 0.2) is 0 Å². The summed E-state index contributed by atoms with van der Waals surface area (Å²) in [6.07, 6.45) is 0. The van der Waals surface area contributed by atoms with Gasteiger partial charge in [-0.1, -0.05) is 24.3 Å². The molecule has 2 N–H and O–H groups in total. The number of nitrogens with two attached hydrogens (primary N) is 1. The van der Waals surface area contributed by atoms with Crippen molar-refractivity contribution >= 4 is 5.95 Å². The summed E-state index contributed by atoms with van der Waals surface area (Å²) in [5, 5.41) is 0. The molecule has 1 aromatic heterocycles. The topological polar surface area (TPSA) is 61.0 Å². The minimum atomic E-state index is 0.252. The second-order valence-corrected chi connectivity index (χ2v) is 5.50. The standard InChI is InChI=1S/C19H19N3O/c1-12-8-9-14(10-13(12)2)16-11-17(22-19(20)21-16)15-6-4-5-7-18(15)23-3/h4-11H,1-3H3,(H2,20,21,22). The van der Waals surface area contributed by atoms with Crippen molar-refractivity contribution in [2.45, 2.75) is 13.8 Å². The Labute approximate surface area is 136 Å². The van der Waals surface area contributed by atoms with Gasteiger partial charge >= 0.3 is 0 Å². The largest absolute Gasteiger partial charge is 0.496 e. The van der Waals surface area contributed by atoms with Crippen LogP contribution in [0.25, 0.3) is 22.5 Å². The molecule has 2 aromatic carbocycles. The SMILES string of the molecule is COc1ccccc1-c1cc(-c2ccc(C)c(C)c2)nc(N)n1. The fraction of sp³-hybridized carbons (Fsp3) is 0.158. The molecule has 116 valence electrons. The first-order chi connectivity index (χ1) is 11.1. The van der Waals surface area contributed by atoms with Crippen LogP contribution in [0.15, 0.2) is 48.5 Å². The van der Waals surface area contributed by atoms with Crippen LogP contribution >= 0.6 is 0 Å². The number of aromatic nitrogens is 2. The second-order valence-electron chi connectivity index (χ2n) is 5.50. The van der Waals surface area contributed by atoms with Crippen molar-refractivity contribution in [2.75, 3.05) is 12.8 Å². The van der Waals surface area contributed by atoms with E-state index in [-0.39, 0.29) is 5.95 Å². The highest BCUT2D eigenvalue weighted by Crippen LogP contribution is 2.31. The van der Waals surface area contributed by atoms with Crippen LogP contribution in [0.2, 0.25) is 0 Å². The van der Waals surface area contributed by atoms with Crippen LogP contribution in [0.5, 0.6) is 5.75 Å². The molecule has 3 aromatic rings. The minimum Gasteiger partial charge on any atom is -0.496 e. The predicted octanol–water partition coefficient (Wildman–Crippen LogP) is 4.02. The number of hydrogen-bond donors (Lipinski definition) is 1. The van der Waals surface area contributed by atoms with E-state index < -0.39 is 0 Å². The predicted molar refractivity (Wildman–Crippen MR) is 93.3 cm³/mol. The molecule has 4 heteroatoms. The van der Waals surface area contributed by atoms with Gasteiger partial charge in [0.2, 0.25) is 5.95 Å². The number of nitrogen functional groups attached to an aromatic ring is 1. The third kappa shape index (κ3) is 3.01. The summed E-state index contributed by atoms with van der Waals surface area (Å²) >= 11 is 0. The van der Waals surface area contributed by atoms with Crippen molar-refractivity contribution in [3.63, 3.8) is 0 Å². The van der Waals surface area contributed by atoms with Gasteiger partial charge < -0.3 is 10.5 Å². The summed E-state index contributed by atoms with van der Waals surface area (Å²) in [6, 6.07) is 15.9. The Morgan fingerprint density at radius 1 is 0.870 bits per heavy atom. The lowest BCUT2D eigenvalue weighted by molar-refractivity contribution is 0.416. The first-order valence-electron chi connectivity index (χ1n) is 7.44. The highest BCUT2D eigenvalue weighted by Gasteiger charge is 2.11. The fourth-order valence-electron chi connectivity index (χ4n) is 2.51. The Balaban J connectivity index is 2.14. The molecule has 0 aliphatic rings. The highest BCUT2D eigenvalue weighted by atomic mass is 16.5. The van der Waals surface area contributed by atoms with Crippen LogP contribution in [-0.2, 0) is 0 Å². The number of rotatable bonds is 3. The van der Waals surface area contributed by atoms with Gasteiger partial charge in [0, 0.05) is 11.1 Å². The van der Waals surface area contributed by atoms with E-state index in [1.807, 2.05) is 30.3 Å². The van der Waals surface area contributed by atoms with Crippen molar-refractivity contribution in [1.82, 2.24) is 9.97 Å². The van der Waals surface area contributed by atoms with Crippen LogP contribution in [-0.4, -0.2) is 17.1 Å². The molecule has 0 atom stereocenters. The maximum atomic E-state index is 5.93. The van der Waals surface area contributed by atoms with Gasteiger partial charge in [-0.2, -0.15) is 0 Å². The normalized spacial score (nSPS) is 10.6. The van der Waals surface area contributed by atoms with Crippen LogP contribution in [0.1, 0.15) is 11.1 Å². The van der Waals surface area contributed by atoms with Crippen molar-refractivity contribution in [1.29, 1.82) is 0 Å². The van der Waals surface area contributed by atoms with Gasteiger partial charge in [-0.3, -0.25) is 0 Å². The third-order valence-electron chi connectivity index (χ3n) is 3.93. The van der Waals surface area contributed by atoms with Crippen molar-refractivity contribution in [3.05, 3.63) is 59.7 Å². The quantitative estimate of drug-likeness (QED) is 0.794. The summed E-state index contributed by atoms with van der Waals surface area (Å²) in [5.41, 5.74) is 11.9. The Morgan fingerprint density at radius 3 is 2.35 bits per heavy atom. The lowest BCUT2D eigenvalue weighted by atomic mass is 10.0. The zero-order chi connectivity index (χ0) is 16.4. The van der Waals surface area contributed by atoms with E-state index in [0.29, 0.717) is 0 Å². The van der Waals surface area contributed by atoms with Crippen LogP contribution < -0.4 is 10.5 Å². The lowest BCUT2D eigenvalue weighted by Crippen LogP contribution is -2.00. The molecule has 3 rings (SSSR count). The number of aryl methyl sites for hydroxylation is 2. The first kappa shape index (κ1) is 15.0. The lowest BCUT2D eigenvalue weighted by Gasteiger charge is -2.10. The summed E-state index contributed by atoms with van der Waals surface area (Å²) in [5.74, 6) is 1.01. The molecule has 0 amide bonds. The maximum Gasteiger partial charge on any atom is 0.221 e. The van der Waals surface area contributed by atoms with E-state index in [4.69, 9.17) is 10.5 Å².